The molecule has 168 valence electrons. The van der Waals surface area contributed by atoms with Gasteiger partial charge in [0.25, 0.3) is 5.91 Å². The van der Waals surface area contributed by atoms with Crippen molar-refractivity contribution in [1.29, 1.82) is 0 Å². The van der Waals surface area contributed by atoms with Crippen molar-refractivity contribution in [2.24, 2.45) is 0 Å². The number of amides is 2. The van der Waals surface area contributed by atoms with Gasteiger partial charge in [0.15, 0.2) is 0 Å². The summed E-state index contributed by atoms with van der Waals surface area (Å²) in [6.45, 7) is 5.02. The summed E-state index contributed by atoms with van der Waals surface area (Å²) in [6.07, 6.45) is 0. The first-order chi connectivity index (χ1) is 15.8. The number of rotatable bonds is 5. The van der Waals surface area contributed by atoms with Crippen LogP contribution in [0.1, 0.15) is 34.1 Å². The second-order valence-corrected chi connectivity index (χ2v) is 10.1. The van der Waals surface area contributed by atoms with Crippen molar-refractivity contribution in [2.75, 3.05) is 0 Å². The minimum absolute atomic E-state index is 0.129. The molecule has 5 nitrogen and oxygen atoms in total. The lowest BCUT2D eigenvalue weighted by Crippen LogP contribution is -2.63. The molecule has 0 unspecified atom stereocenters. The van der Waals surface area contributed by atoms with Gasteiger partial charge in [0, 0.05) is 23.5 Å². The van der Waals surface area contributed by atoms with E-state index in [9.17, 15) is 9.59 Å². The maximum absolute atomic E-state index is 13.7. The van der Waals surface area contributed by atoms with Crippen molar-refractivity contribution in [3.05, 3.63) is 93.5 Å². The summed E-state index contributed by atoms with van der Waals surface area (Å²) >= 11 is 7.57. The number of carbonyl (C=O) groups excluding carboxylic acids is 2. The third-order valence-corrected chi connectivity index (χ3v) is 7.51. The first-order valence-corrected chi connectivity index (χ1v) is 12.1. The maximum atomic E-state index is 13.7. The standard InChI is InChI=1S/C26H24ClN3O2S/c1-17-4-3-5-19(12-17)15-30-23(31)22-13-20-10-11-33-24(20)29(22)16-26(30,2)25(32)28-14-18-6-8-21(27)9-7-18/h3-13H,14-16H2,1-2H3,(H,28,32)/t26-/m1/s1. The maximum Gasteiger partial charge on any atom is 0.271 e. The van der Waals surface area contributed by atoms with E-state index >= 15 is 0 Å². The van der Waals surface area contributed by atoms with Crippen molar-refractivity contribution in [3.8, 4) is 0 Å². The molecule has 1 aliphatic heterocycles. The fourth-order valence-corrected chi connectivity index (χ4v) is 5.50. The van der Waals surface area contributed by atoms with Crippen LogP contribution >= 0.6 is 22.9 Å². The molecule has 0 aliphatic carbocycles. The Bertz CT molecular complexity index is 1360. The number of aromatic nitrogens is 1. The molecule has 7 heteroatoms. The van der Waals surface area contributed by atoms with E-state index in [1.54, 1.807) is 28.4 Å². The lowest BCUT2D eigenvalue weighted by atomic mass is 9.93. The van der Waals surface area contributed by atoms with Crippen LogP contribution in [0, 0.1) is 6.92 Å². The van der Waals surface area contributed by atoms with Crippen molar-refractivity contribution in [3.63, 3.8) is 0 Å². The highest BCUT2D eigenvalue weighted by Gasteiger charge is 2.47. The van der Waals surface area contributed by atoms with E-state index in [-0.39, 0.29) is 11.8 Å². The van der Waals surface area contributed by atoms with Gasteiger partial charge in [-0.05, 0) is 54.6 Å². The summed E-state index contributed by atoms with van der Waals surface area (Å²) < 4.78 is 2.00. The summed E-state index contributed by atoms with van der Waals surface area (Å²) in [4.78, 5) is 30.1. The third-order valence-electron chi connectivity index (χ3n) is 6.31. The number of nitrogens with one attached hydrogen (secondary N) is 1. The summed E-state index contributed by atoms with van der Waals surface area (Å²) in [5.74, 6) is -0.308. The number of hydrogen-bond donors (Lipinski definition) is 1. The van der Waals surface area contributed by atoms with E-state index in [1.165, 1.54) is 0 Å². The number of fused-ring (bicyclic) bond motifs is 3. The quantitative estimate of drug-likeness (QED) is 0.418. The molecule has 0 bridgehead atoms. The molecule has 1 atom stereocenters. The average Bonchev–Trinajstić information content (AvgIpc) is 3.38. The van der Waals surface area contributed by atoms with Crippen LogP contribution in [-0.4, -0.2) is 26.8 Å². The smallest absolute Gasteiger partial charge is 0.271 e. The number of nitrogens with zero attached hydrogens (tertiary/aromatic N) is 2. The Balaban J connectivity index is 1.50. The van der Waals surface area contributed by atoms with E-state index in [0.717, 1.165) is 26.9 Å². The summed E-state index contributed by atoms with van der Waals surface area (Å²) in [5, 5.41) is 6.75. The Hall–Kier alpha value is -3.09. The molecule has 0 saturated heterocycles. The topological polar surface area (TPSA) is 54.3 Å². The minimum atomic E-state index is -1.05. The molecular weight excluding hydrogens is 454 g/mol. The van der Waals surface area contributed by atoms with E-state index in [0.29, 0.717) is 30.4 Å². The molecule has 2 aromatic heterocycles. The largest absolute Gasteiger partial charge is 0.350 e. The van der Waals surface area contributed by atoms with Crippen molar-refractivity contribution in [2.45, 2.75) is 39.0 Å². The predicted octanol–water partition coefficient (Wildman–Crippen LogP) is 5.40. The SMILES string of the molecule is Cc1cccc(CN2C(=O)c3cc4ccsc4n3C[C@]2(C)C(=O)NCc2ccc(Cl)cc2)c1. The zero-order valence-electron chi connectivity index (χ0n) is 18.5. The molecule has 5 rings (SSSR count). The lowest BCUT2D eigenvalue weighted by Gasteiger charge is -2.44. The van der Waals surface area contributed by atoms with Gasteiger partial charge in [-0.15, -0.1) is 11.3 Å². The van der Waals surface area contributed by atoms with Crippen LogP contribution in [0.15, 0.2) is 66.0 Å². The number of aryl methyl sites for hydroxylation is 1. The van der Waals surface area contributed by atoms with Gasteiger partial charge < -0.3 is 14.8 Å². The molecule has 4 aromatic rings. The Kier molecular flexibility index (Phi) is 5.51. The van der Waals surface area contributed by atoms with Crippen molar-refractivity contribution >= 4 is 45.0 Å². The third kappa shape index (κ3) is 3.94. The van der Waals surface area contributed by atoms with Crippen molar-refractivity contribution < 1.29 is 9.59 Å². The Morgan fingerprint density at radius 3 is 2.67 bits per heavy atom. The molecule has 3 heterocycles. The zero-order valence-corrected chi connectivity index (χ0v) is 20.0. The first kappa shape index (κ1) is 21.7. The monoisotopic (exact) mass is 477 g/mol. The van der Waals surface area contributed by atoms with Crippen LogP contribution in [0.5, 0.6) is 0 Å². The summed E-state index contributed by atoms with van der Waals surface area (Å²) in [6, 6.07) is 19.4. The second kappa shape index (κ2) is 8.36. The van der Waals surface area contributed by atoms with Gasteiger partial charge in [-0.2, -0.15) is 0 Å². The molecule has 1 N–H and O–H groups in total. The molecule has 0 saturated carbocycles. The van der Waals surface area contributed by atoms with Crippen LogP contribution in [0.2, 0.25) is 5.02 Å². The first-order valence-electron chi connectivity index (χ1n) is 10.8. The van der Waals surface area contributed by atoms with E-state index in [4.69, 9.17) is 11.6 Å². The van der Waals surface area contributed by atoms with Gasteiger partial charge >= 0.3 is 0 Å². The van der Waals surface area contributed by atoms with Gasteiger partial charge in [0.2, 0.25) is 5.91 Å². The van der Waals surface area contributed by atoms with Crippen LogP contribution in [0.4, 0.5) is 0 Å². The van der Waals surface area contributed by atoms with Gasteiger partial charge in [-0.3, -0.25) is 9.59 Å². The van der Waals surface area contributed by atoms with Gasteiger partial charge in [-0.1, -0.05) is 53.6 Å². The van der Waals surface area contributed by atoms with Crippen LogP contribution in [-0.2, 0) is 24.4 Å². The summed E-state index contributed by atoms with van der Waals surface area (Å²) in [7, 11) is 0. The Labute approximate surface area is 201 Å². The van der Waals surface area contributed by atoms with Crippen molar-refractivity contribution in [1.82, 2.24) is 14.8 Å². The Morgan fingerprint density at radius 2 is 1.91 bits per heavy atom. The highest BCUT2D eigenvalue weighted by atomic mass is 35.5. The van der Waals surface area contributed by atoms with Gasteiger partial charge in [0.05, 0.1) is 6.54 Å². The number of benzene rings is 2. The van der Waals surface area contributed by atoms with E-state index < -0.39 is 5.54 Å². The molecular formula is C26H24ClN3O2S. The predicted molar refractivity (Wildman–Crippen MR) is 133 cm³/mol. The molecule has 0 fully saturated rings. The fraction of sp³-hybridized carbons (Fsp3) is 0.231. The summed E-state index contributed by atoms with van der Waals surface area (Å²) in [5.41, 5.74) is 2.66. The van der Waals surface area contributed by atoms with Crippen LogP contribution < -0.4 is 5.32 Å². The van der Waals surface area contributed by atoms with E-state index in [2.05, 4.69) is 11.4 Å². The molecule has 2 amide bonds. The zero-order chi connectivity index (χ0) is 23.2. The average molecular weight is 478 g/mol. The second-order valence-electron chi connectivity index (χ2n) is 8.76. The van der Waals surface area contributed by atoms with Gasteiger partial charge in [-0.25, -0.2) is 0 Å². The highest BCUT2D eigenvalue weighted by molar-refractivity contribution is 7.16. The van der Waals surface area contributed by atoms with Gasteiger partial charge in [0.1, 0.15) is 16.1 Å². The lowest BCUT2D eigenvalue weighted by molar-refractivity contribution is -0.133. The number of halogens is 1. The molecule has 0 spiro atoms. The van der Waals surface area contributed by atoms with Crippen LogP contribution in [0.3, 0.4) is 0 Å². The number of hydrogen-bond acceptors (Lipinski definition) is 3. The van der Waals surface area contributed by atoms with Crippen LogP contribution in [0.25, 0.3) is 10.2 Å². The highest BCUT2D eigenvalue weighted by Crippen LogP contribution is 2.35. The molecule has 2 aromatic carbocycles. The Morgan fingerprint density at radius 1 is 1.12 bits per heavy atom. The van der Waals surface area contributed by atoms with E-state index in [1.807, 2.05) is 66.3 Å². The minimum Gasteiger partial charge on any atom is -0.350 e. The molecule has 1 aliphatic rings. The normalized spacial score (nSPS) is 17.9. The molecule has 33 heavy (non-hydrogen) atoms. The number of thiophene rings is 1. The molecule has 0 radical (unpaired) electrons. The fourth-order valence-electron chi connectivity index (χ4n) is 4.47. The number of carbonyl (C=O) groups is 2.